The number of allylic oxidation sites excluding steroid dienone is 1. The third kappa shape index (κ3) is 1.46. The zero-order valence-electron chi connectivity index (χ0n) is 8.95. The Labute approximate surface area is 89.2 Å². The highest BCUT2D eigenvalue weighted by Crippen LogP contribution is 2.40. The number of carboxylic acids is 1. The molecule has 2 nitrogen and oxygen atoms in total. The maximum Gasteiger partial charge on any atom is 0.313 e. The lowest BCUT2D eigenvalue weighted by Crippen LogP contribution is -2.24. The molecule has 1 aromatic carbocycles. The first kappa shape index (κ1) is 9.97. The molecule has 0 saturated heterocycles. The van der Waals surface area contributed by atoms with Crippen LogP contribution in [0.25, 0.3) is 5.57 Å². The van der Waals surface area contributed by atoms with Crippen molar-refractivity contribution < 1.29 is 9.90 Å². The molecular weight excluding hydrogens is 188 g/mol. The largest absolute Gasteiger partial charge is 0.481 e. The topological polar surface area (TPSA) is 37.3 Å². The summed E-state index contributed by atoms with van der Waals surface area (Å²) in [4.78, 5) is 11.2. The summed E-state index contributed by atoms with van der Waals surface area (Å²) in [5.41, 5.74) is 2.45. The predicted molar refractivity (Wildman–Crippen MR) is 59.5 cm³/mol. The van der Waals surface area contributed by atoms with Gasteiger partial charge in [-0.1, -0.05) is 30.3 Å². The lowest BCUT2D eigenvalue weighted by Gasteiger charge is -2.22. The molecule has 0 fully saturated rings. The number of hydrogen-bond donors (Lipinski definition) is 1. The molecule has 1 aromatic rings. The normalized spacial score (nSPS) is 14.7. The second kappa shape index (κ2) is 3.23. The van der Waals surface area contributed by atoms with Crippen LogP contribution in [0.4, 0.5) is 0 Å². The molecule has 0 amide bonds. The third-order valence-corrected chi connectivity index (χ3v) is 3.04. The number of carbonyl (C=O) groups is 1. The molecule has 0 aromatic heterocycles. The van der Waals surface area contributed by atoms with Crippen molar-refractivity contribution in [3.8, 4) is 0 Å². The second-order valence-corrected chi connectivity index (χ2v) is 4.41. The van der Waals surface area contributed by atoms with Crippen LogP contribution < -0.4 is 0 Å². The number of rotatable bonds is 2. The Bertz CT molecular complexity index is 442. The quantitative estimate of drug-likeness (QED) is 0.800. The molecule has 0 heterocycles. The summed E-state index contributed by atoms with van der Waals surface area (Å²) in [7, 11) is 0. The Morgan fingerprint density at radius 3 is 2.67 bits per heavy atom. The van der Waals surface area contributed by atoms with Crippen LogP contribution in [0.5, 0.6) is 0 Å². The molecule has 0 saturated carbocycles. The van der Waals surface area contributed by atoms with Crippen molar-refractivity contribution >= 4 is 11.5 Å². The van der Waals surface area contributed by atoms with Gasteiger partial charge in [0.05, 0.1) is 5.41 Å². The van der Waals surface area contributed by atoms with Gasteiger partial charge in [0.25, 0.3) is 0 Å². The van der Waals surface area contributed by atoms with E-state index in [1.165, 1.54) is 5.56 Å². The van der Waals surface area contributed by atoms with E-state index in [9.17, 15) is 9.90 Å². The van der Waals surface area contributed by atoms with Gasteiger partial charge in [0.15, 0.2) is 0 Å². The molecule has 0 aliphatic heterocycles. The smallest absolute Gasteiger partial charge is 0.313 e. The van der Waals surface area contributed by atoms with Gasteiger partial charge < -0.3 is 5.11 Å². The van der Waals surface area contributed by atoms with Gasteiger partial charge in [-0.25, -0.2) is 0 Å². The van der Waals surface area contributed by atoms with Crippen LogP contribution in [0, 0.1) is 5.41 Å². The highest BCUT2D eigenvalue weighted by molar-refractivity contribution is 5.93. The molecule has 0 bridgehead atoms. The summed E-state index contributed by atoms with van der Waals surface area (Å²) in [5.74, 6) is -0.773. The molecule has 0 unspecified atom stereocenters. The monoisotopic (exact) mass is 202 g/mol. The van der Waals surface area contributed by atoms with E-state index in [1.54, 1.807) is 13.8 Å². The van der Waals surface area contributed by atoms with Crippen LogP contribution >= 0.6 is 0 Å². The maximum absolute atomic E-state index is 11.2. The fourth-order valence-electron chi connectivity index (χ4n) is 1.99. The maximum atomic E-state index is 11.2. The number of carboxylic acid groups (broad SMARTS) is 1. The zero-order chi connectivity index (χ0) is 11.1. The molecule has 78 valence electrons. The van der Waals surface area contributed by atoms with Gasteiger partial charge in [-0.15, -0.1) is 0 Å². The van der Waals surface area contributed by atoms with Gasteiger partial charge in [-0.05, 0) is 37.0 Å². The van der Waals surface area contributed by atoms with Crippen molar-refractivity contribution in [2.75, 3.05) is 0 Å². The SMILES string of the molecule is CC(C)(C(=O)O)C1=CCc2ccccc21. The van der Waals surface area contributed by atoms with Crippen molar-refractivity contribution in [2.45, 2.75) is 20.3 Å². The highest BCUT2D eigenvalue weighted by atomic mass is 16.4. The van der Waals surface area contributed by atoms with E-state index in [4.69, 9.17) is 0 Å². The van der Waals surface area contributed by atoms with Gasteiger partial charge >= 0.3 is 5.97 Å². The van der Waals surface area contributed by atoms with Gasteiger partial charge in [-0.2, -0.15) is 0 Å². The minimum absolute atomic E-state index is 0.773. The summed E-state index contributed by atoms with van der Waals surface area (Å²) >= 11 is 0. The Kier molecular flexibility index (Phi) is 2.14. The lowest BCUT2D eigenvalue weighted by molar-refractivity contribution is -0.143. The summed E-state index contributed by atoms with van der Waals surface area (Å²) in [5, 5.41) is 9.19. The Morgan fingerprint density at radius 1 is 1.33 bits per heavy atom. The molecule has 0 radical (unpaired) electrons. The van der Waals surface area contributed by atoms with Crippen molar-refractivity contribution in [2.24, 2.45) is 5.41 Å². The van der Waals surface area contributed by atoms with Gasteiger partial charge in [0, 0.05) is 0 Å². The molecule has 1 aliphatic carbocycles. The summed E-state index contributed by atoms with van der Waals surface area (Å²) in [6.07, 6.45) is 2.88. The summed E-state index contributed by atoms with van der Waals surface area (Å²) < 4.78 is 0. The van der Waals surface area contributed by atoms with E-state index in [-0.39, 0.29) is 0 Å². The average molecular weight is 202 g/mol. The summed E-state index contributed by atoms with van der Waals surface area (Å²) in [6, 6.07) is 7.99. The van der Waals surface area contributed by atoms with E-state index in [2.05, 4.69) is 6.07 Å². The Hall–Kier alpha value is -1.57. The molecular formula is C13H14O2. The Balaban J connectivity index is 2.47. The van der Waals surface area contributed by atoms with Crippen LogP contribution in [-0.2, 0) is 11.2 Å². The van der Waals surface area contributed by atoms with E-state index in [0.29, 0.717) is 0 Å². The third-order valence-electron chi connectivity index (χ3n) is 3.04. The van der Waals surface area contributed by atoms with Gasteiger partial charge in [0.1, 0.15) is 0 Å². The first-order valence-electron chi connectivity index (χ1n) is 5.06. The van der Waals surface area contributed by atoms with Crippen LogP contribution in [0.1, 0.15) is 25.0 Å². The molecule has 1 N–H and O–H groups in total. The standard InChI is InChI=1S/C13H14O2/c1-13(2,12(14)15)11-8-7-9-5-3-4-6-10(9)11/h3-6,8H,7H2,1-2H3,(H,14,15). The van der Waals surface area contributed by atoms with Gasteiger partial charge in [-0.3, -0.25) is 4.79 Å². The highest BCUT2D eigenvalue weighted by Gasteiger charge is 2.35. The van der Waals surface area contributed by atoms with Crippen LogP contribution in [0.3, 0.4) is 0 Å². The van der Waals surface area contributed by atoms with Crippen molar-refractivity contribution in [1.29, 1.82) is 0 Å². The van der Waals surface area contributed by atoms with Crippen LogP contribution in [-0.4, -0.2) is 11.1 Å². The second-order valence-electron chi connectivity index (χ2n) is 4.41. The van der Waals surface area contributed by atoms with Crippen LogP contribution in [0.15, 0.2) is 30.3 Å². The predicted octanol–water partition coefficient (Wildman–Crippen LogP) is 2.74. The van der Waals surface area contributed by atoms with Crippen LogP contribution in [0.2, 0.25) is 0 Å². The number of aliphatic carboxylic acids is 1. The summed E-state index contributed by atoms with van der Waals surface area (Å²) in [6.45, 7) is 3.51. The van der Waals surface area contributed by atoms with E-state index in [0.717, 1.165) is 17.6 Å². The fraction of sp³-hybridized carbons (Fsp3) is 0.308. The van der Waals surface area contributed by atoms with Crippen molar-refractivity contribution in [3.05, 3.63) is 41.5 Å². The van der Waals surface area contributed by atoms with E-state index < -0.39 is 11.4 Å². The lowest BCUT2D eigenvalue weighted by atomic mass is 9.81. The van der Waals surface area contributed by atoms with Crippen molar-refractivity contribution in [3.63, 3.8) is 0 Å². The zero-order valence-corrected chi connectivity index (χ0v) is 8.95. The van der Waals surface area contributed by atoms with E-state index >= 15 is 0 Å². The molecule has 0 spiro atoms. The molecule has 1 aliphatic rings. The fourth-order valence-corrected chi connectivity index (χ4v) is 1.99. The first-order valence-corrected chi connectivity index (χ1v) is 5.06. The first-order chi connectivity index (χ1) is 7.03. The molecule has 0 atom stereocenters. The van der Waals surface area contributed by atoms with Gasteiger partial charge in [0.2, 0.25) is 0 Å². The molecule has 2 rings (SSSR count). The molecule has 2 heteroatoms. The average Bonchev–Trinajstić information content (AvgIpc) is 2.61. The molecule has 15 heavy (non-hydrogen) atoms. The van der Waals surface area contributed by atoms with Crippen molar-refractivity contribution in [1.82, 2.24) is 0 Å². The minimum atomic E-state index is -0.799. The Morgan fingerprint density at radius 2 is 2.00 bits per heavy atom. The number of hydrogen-bond acceptors (Lipinski definition) is 1. The van der Waals surface area contributed by atoms with E-state index in [1.807, 2.05) is 24.3 Å². The number of benzene rings is 1. The number of fused-ring (bicyclic) bond motifs is 1. The minimum Gasteiger partial charge on any atom is -0.481 e.